The van der Waals surface area contributed by atoms with Gasteiger partial charge in [0.1, 0.15) is 5.82 Å². The van der Waals surface area contributed by atoms with Gasteiger partial charge in [0, 0.05) is 18.0 Å². The Morgan fingerprint density at radius 3 is 2.86 bits per heavy atom. The van der Waals surface area contributed by atoms with Gasteiger partial charge in [-0.3, -0.25) is 9.78 Å². The predicted molar refractivity (Wildman–Crippen MR) is 49.8 cm³/mol. The number of hydrogen-bond donors (Lipinski definition) is 2. The third-order valence-electron chi connectivity index (χ3n) is 1.72. The molecule has 2 rings (SSSR count). The maximum atomic E-state index is 11.0. The molecule has 0 radical (unpaired) electrons. The number of aromatic hydroxyl groups is 1. The molecule has 0 aromatic carbocycles. The standard InChI is InChI=1S/C9H7N3O2/c13-7-5-11-8(12-9(7)14)6-2-1-3-10-4-6/h1-5,13H,(H,11,12,14). The topological polar surface area (TPSA) is 78.9 Å². The van der Waals surface area contributed by atoms with Crippen molar-refractivity contribution in [3.05, 3.63) is 41.1 Å². The predicted octanol–water partition coefficient (Wildman–Crippen LogP) is 0.537. The highest BCUT2D eigenvalue weighted by atomic mass is 16.3. The molecule has 70 valence electrons. The summed E-state index contributed by atoms with van der Waals surface area (Å²) in [6, 6.07) is 3.50. The minimum atomic E-state index is -0.557. The first-order valence-corrected chi connectivity index (χ1v) is 3.96. The molecule has 0 aliphatic rings. The third-order valence-corrected chi connectivity index (χ3v) is 1.72. The van der Waals surface area contributed by atoms with E-state index < -0.39 is 11.3 Å². The van der Waals surface area contributed by atoms with Crippen LogP contribution in [0.4, 0.5) is 0 Å². The third kappa shape index (κ3) is 1.47. The van der Waals surface area contributed by atoms with Crippen molar-refractivity contribution >= 4 is 0 Å². The van der Waals surface area contributed by atoms with E-state index in [4.69, 9.17) is 5.11 Å². The number of aromatic nitrogens is 3. The van der Waals surface area contributed by atoms with Crippen LogP contribution in [0.1, 0.15) is 0 Å². The maximum absolute atomic E-state index is 11.0. The summed E-state index contributed by atoms with van der Waals surface area (Å²) in [5.41, 5.74) is 0.142. The molecule has 0 bridgehead atoms. The Hall–Kier alpha value is -2.17. The quantitative estimate of drug-likeness (QED) is 0.686. The van der Waals surface area contributed by atoms with Gasteiger partial charge in [-0.2, -0.15) is 0 Å². The lowest BCUT2D eigenvalue weighted by Crippen LogP contribution is -2.07. The van der Waals surface area contributed by atoms with Gasteiger partial charge in [-0.05, 0) is 12.1 Å². The second-order valence-electron chi connectivity index (χ2n) is 2.69. The minimum Gasteiger partial charge on any atom is -0.502 e. The Labute approximate surface area is 79.1 Å². The summed E-state index contributed by atoms with van der Waals surface area (Å²) >= 11 is 0. The molecule has 0 spiro atoms. The lowest BCUT2D eigenvalue weighted by atomic mass is 10.3. The van der Waals surface area contributed by atoms with Crippen LogP contribution >= 0.6 is 0 Å². The maximum Gasteiger partial charge on any atom is 0.293 e. The van der Waals surface area contributed by atoms with Crippen LogP contribution in [0.5, 0.6) is 5.75 Å². The van der Waals surface area contributed by atoms with Gasteiger partial charge >= 0.3 is 0 Å². The number of rotatable bonds is 1. The molecular formula is C9H7N3O2. The van der Waals surface area contributed by atoms with Crippen LogP contribution in [0.3, 0.4) is 0 Å². The summed E-state index contributed by atoms with van der Waals surface area (Å²) in [5, 5.41) is 8.97. The Morgan fingerprint density at radius 2 is 2.21 bits per heavy atom. The average Bonchev–Trinajstić information content (AvgIpc) is 2.23. The van der Waals surface area contributed by atoms with E-state index >= 15 is 0 Å². The molecule has 2 heterocycles. The fourth-order valence-corrected chi connectivity index (χ4v) is 1.04. The van der Waals surface area contributed by atoms with Gasteiger partial charge in [-0.25, -0.2) is 4.98 Å². The van der Waals surface area contributed by atoms with Crippen molar-refractivity contribution in [1.29, 1.82) is 0 Å². The van der Waals surface area contributed by atoms with E-state index in [9.17, 15) is 4.79 Å². The van der Waals surface area contributed by atoms with Crippen LogP contribution in [-0.4, -0.2) is 20.1 Å². The Bertz CT molecular complexity index is 493. The average molecular weight is 189 g/mol. The molecule has 0 aliphatic heterocycles. The molecule has 14 heavy (non-hydrogen) atoms. The summed E-state index contributed by atoms with van der Waals surface area (Å²) in [6.07, 6.45) is 4.32. The van der Waals surface area contributed by atoms with Crippen LogP contribution in [0.2, 0.25) is 0 Å². The molecule has 0 amide bonds. The molecule has 0 saturated carbocycles. The lowest BCUT2D eigenvalue weighted by molar-refractivity contribution is 0.463. The van der Waals surface area contributed by atoms with E-state index in [1.807, 2.05) is 0 Å². The summed E-state index contributed by atoms with van der Waals surface area (Å²) < 4.78 is 0. The highest BCUT2D eigenvalue weighted by Gasteiger charge is 2.02. The van der Waals surface area contributed by atoms with Crippen LogP contribution in [0.25, 0.3) is 11.4 Å². The molecule has 0 aliphatic carbocycles. The van der Waals surface area contributed by atoms with Crippen molar-refractivity contribution in [2.24, 2.45) is 0 Å². The normalized spacial score (nSPS) is 10.0. The molecule has 2 N–H and O–H groups in total. The number of pyridine rings is 1. The van der Waals surface area contributed by atoms with Crippen molar-refractivity contribution < 1.29 is 5.11 Å². The van der Waals surface area contributed by atoms with E-state index in [-0.39, 0.29) is 0 Å². The van der Waals surface area contributed by atoms with Gasteiger partial charge in [0.25, 0.3) is 5.56 Å². The first kappa shape index (κ1) is 8.43. The summed E-state index contributed by atoms with van der Waals surface area (Å²) in [6.45, 7) is 0. The monoisotopic (exact) mass is 189 g/mol. The number of nitrogens with zero attached hydrogens (tertiary/aromatic N) is 2. The van der Waals surface area contributed by atoms with Gasteiger partial charge in [0.05, 0.1) is 6.20 Å². The SMILES string of the molecule is O=c1[nH]c(-c2cccnc2)ncc1O. The number of nitrogens with one attached hydrogen (secondary N) is 1. The molecule has 0 unspecified atom stereocenters. The Kier molecular flexibility index (Phi) is 1.98. The molecular weight excluding hydrogens is 182 g/mol. The largest absolute Gasteiger partial charge is 0.502 e. The minimum absolute atomic E-state index is 0.390. The van der Waals surface area contributed by atoms with E-state index in [0.717, 1.165) is 6.20 Å². The van der Waals surface area contributed by atoms with Crippen molar-refractivity contribution in [2.75, 3.05) is 0 Å². The molecule has 0 fully saturated rings. The van der Waals surface area contributed by atoms with Crippen LogP contribution in [0, 0.1) is 0 Å². The van der Waals surface area contributed by atoms with Gasteiger partial charge < -0.3 is 10.1 Å². The Morgan fingerprint density at radius 1 is 1.36 bits per heavy atom. The van der Waals surface area contributed by atoms with Crippen molar-refractivity contribution in [3.63, 3.8) is 0 Å². The van der Waals surface area contributed by atoms with Crippen LogP contribution in [0.15, 0.2) is 35.5 Å². The van der Waals surface area contributed by atoms with E-state index in [2.05, 4.69) is 15.0 Å². The summed E-state index contributed by atoms with van der Waals surface area (Å²) in [7, 11) is 0. The molecule has 0 saturated heterocycles. The van der Waals surface area contributed by atoms with Gasteiger partial charge in [-0.15, -0.1) is 0 Å². The van der Waals surface area contributed by atoms with Crippen molar-refractivity contribution in [3.8, 4) is 17.1 Å². The van der Waals surface area contributed by atoms with Crippen molar-refractivity contribution in [2.45, 2.75) is 0 Å². The lowest BCUT2D eigenvalue weighted by Gasteiger charge is -1.98. The first-order valence-electron chi connectivity index (χ1n) is 3.96. The highest BCUT2D eigenvalue weighted by molar-refractivity contribution is 5.52. The second kappa shape index (κ2) is 3.29. The molecule has 2 aromatic rings. The van der Waals surface area contributed by atoms with E-state index in [1.54, 1.807) is 24.5 Å². The number of aromatic amines is 1. The van der Waals surface area contributed by atoms with Crippen LogP contribution in [-0.2, 0) is 0 Å². The fraction of sp³-hybridized carbons (Fsp3) is 0. The summed E-state index contributed by atoms with van der Waals surface area (Å²) in [5.74, 6) is -0.00135. The van der Waals surface area contributed by atoms with E-state index in [0.29, 0.717) is 11.4 Å². The zero-order valence-corrected chi connectivity index (χ0v) is 7.14. The zero-order chi connectivity index (χ0) is 9.97. The number of hydrogen-bond acceptors (Lipinski definition) is 4. The van der Waals surface area contributed by atoms with Crippen molar-refractivity contribution in [1.82, 2.24) is 15.0 Å². The fourth-order valence-electron chi connectivity index (χ4n) is 1.04. The van der Waals surface area contributed by atoms with E-state index in [1.165, 1.54) is 0 Å². The first-order chi connectivity index (χ1) is 6.77. The molecule has 2 aromatic heterocycles. The second-order valence-corrected chi connectivity index (χ2v) is 2.69. The molecule has 0 atom stereocenters. The van der Waals surface area contributed by atoms with Crippen LogP contribution < -0.4 is 5.56 Å². The molecule has 5 heteroatoms. The Balaban J connectivity index is 2.54. The smallest absolute Gasteiger partial charge is 0.293 e. The highest BCUT2D eigenvalue weighted by Crippen LogP contribution is 2.10. The number of H-pyrrole nitrogens is 1. The van der Waals surface area contributed by atoms with Gasteiger partial charge in [0.2, 0.25) is 0 Å². The van der Waals surface area contributed by atoms with Gasteiger partial charge in [-0.1, -0.05) is 0 Å². The zero-order valence-electron chi connectivity index (χ0n) is 7.14. The molecule has 5 nitrogen and oxygen atoms in total. The summed E-state index contributed by atoms with van der Waals surface area (Å²) in [4.78, 5) is 21.2. The van der Waals surface area contributed by atoms with Gasteiger partial charge in [0.15, 0.2) is 5.75 Å².